The van der Waals surface area contributed by atoms with Gasteiger partial charge in [0.25, 0.3) is 0 Å². The third-order valence-corrected chi connectivity index (χ3v) is 5.77. The fourth-order valence-corrected chi connectivity index (χ4v) is 3.74. The summed E-state index contributed by atoms with van der Waals surface area (Å²) in [5.41, 5.74) is 2.22. The molecule has 0 spiro atoms. The molecular formula is C23H23ClN4O5. The Morgan fingerprint density at radius 3 is 2.67 bits per heavy atom. The first-order chi connectivity index (χ1) is 15.8. The van der Waals surface area contributed by atoms with Crippen molar-refractivity contribution in [2.75, 3.05) is 11.9 Å². The summed E-state index contributed by atoms with van der Waals surface area (Å²) in [4.78, 5) is 41.3. The molecule has 0 fully saturated rings. The number of ether oxygens (including phenoxy) is 1. The molecule has 0 radical (unpaired) electrons. The van der Waals surface area contributed by atoms with E-state index in [1.807, 2.05) is 18.2 Å². The summed E-state index contributed by atoms with van der Waals surface area (Å²) in [5, 5.41) is 12.9. The van der Waals surface area contributed by atoms with Gasteiger partial charge in [-0.3, -0.25) is 9.36 Å². The van der Waals surface area contributed by atoms with E-state index < -0.39 is 23.3 Å². The van der Waals surface area contributed by atoms with Crippen molar-refractivity contribution in [3.05, 3.63) is 85.1 Å². The van der Waals surface area contributed by atoms with Crippen LogP contribution in [0.1, 0.15) is 23.6 Å². The van der Waals surface area contributed by atoms with Crippen LogP contribution < -0.4 is 16.7 Å². The maximum Gasteiger partial charge on any atom is 0.354 e. The second-order valence-corrected chi connectivity index (χ2v) is 8.41. The Hall–Kier alpha value is -3.43. The molecule has 0 aliphatic carbocycles. The number of rotatable bonds is 7. The number of aromatic nitrogens is 3. The van der Waals surface area contributed by atoms with Crippen LogP contribution in [0.3, 0.4) is 0 Å². The lowest BCUT2D eigenvalue weighted by Gasteiger charge is -2.19. The smallest absolute Gasteiger partial charge is 0.354 e. The minimum absolute atomic E-state index is 0.0752. The number of hydrogen-bond donors (Lipinski definition) is 2. The third kappa shape index (κ3) is 5.15. The number of halogens is 1. The van der Waals surface area contributed by atoms with Crippen molar-refractivity contribution in [2.45, 2.75) is 33.0 Å². The average molecular weight is 471 g/mol. The van der Waals surface area contributed by atoms with E-state index in [1.54, 1.807) is 24.3 Å². The highest BCUT2D eigenvalue weighted by Gasteiger charge is 2.19. The van der Waals surface area contributed by atoms with Crippen LogP contribution in [-0.2, 0) is 35.6 Å². The molecule has 3 aromatic rings. The molecule has 0 saturated carbocycles. The van der Waals surface area contributed by atoms with E-state index in [4.69, 9.17) is 16.3 Å². The Labute approximate surface area is 194 Å². The van der Waals surface area contributed by atoms with E-state index in [1.165, 1.54) is 11.5 Å². The molecule has 172 valence electrons. The fourth-order valence-electron chi connectivity index (χ4n) is 3.62. The van der Waals surface area contributed by atoms with Crippen molar-refractivity contribution >= 4 is 29.2 Å². The summed E-state index contributed by atoms with van der Waals surface area (Å²) < 4.78 is 7.64. The predicted molar refractivity (Wildman–Crippen MR) is 123 cm³/mol. The van der Waals surface area contributed by atoms with Crippen molar-refractivity contribution in [2.24, 2.45) is 5.92 Å². The van der Waals surface area contributed by atoms with Gasteiger partial charge in [0.05, 0.1) is 25.7 Å². The number of carboxylic acid groups (broad SMARTS) is 1. The minimum atomic E-state index is -1.11. The quantitative estimate of drug-likeness (QED) is 0.545. The molecule has 2 heterocycles. The summed E-state index contributed by atoms with van der Waals surface area (Å²) in [7, 11) is 0. The number of carboxylic acids is 1. The number of fused-ring (bicyclic) bond motifs is 1. The lowest BCUT2D eigenvalue weighted by molar-refractivity contribution is -0.141. The zero-order valence-corrected chi connectivity index (χ0v) is 18.7. The average Bonchev–Trinajstić information content (AvgIpc) is 2.80. The van der Waals surface area contributed by atoms with Crippen molar-refractivity contribution < 1.29 is 14.6 Å². The molecule has 0 bridgehead atoms. The number of carbonyl (C=O) groups is 1. The molecule has 9 nitrogen and oxygen atoms in total. The molecular weight excluding hydrogens is 448 g/mol. The van der Waals surface area contributed by atoms with Crippen LogP contribution >= 0.6 is 11.6 Å². The summed E-state index contributed by atoms with van der Waals surface area (Å²) in [6.45, 7) is 2.45. The van der Waals surface area contributed by atoms with E-state index in [0.29, 0.717) is 23.9 Å². The maximum absolute atomic E-state index is 13.3. The molecule has 2 N–H and O–H groups in total. The number of nitrogens with zero attached hydrogens (tertiary/aromatic N) is 3. The highest BCUT2D eigenvalue weighted by molar-refractivity contribution is 6.30. The second kappa shape index (κ2) is 9.60. The Morgan fingerprint density at radius 2 is 1.94 bits per heavy atom. The Bertz CT molecular complexity index is 1300. The SMILES string of the molecule is C[C@@H](Cn1c(=O)nc(Nc2ccc3c(c2)CCOC3)n(Cc2ccc(Cl)cc2)c1=O)C(=O)O. The van der Waals surface area contributed by atoms with E-state index in [2.05, 4.69) is 10.3 Å². The van der Waals surface area contributed by atoms with Crippen LogP contribution in [0, 0.1) is 5.92 Å². The van der Waals surface area contributed by atoms with Crippen LogP contribution in [-0.4, -0.2) is 31.8 Å². The highest BCUT2D eigenvalue weighted by atomic mass is 35.5. The van der Waals surface area contributed by atoms with E-state index >= 15 is 0 Å². The summed E-state index contributed by atoms with van der Waals surface area (Å²) in [6.07, 6.45) is 0.768. The molecule has 1 aliphatic heterocycles. The first-order valence-corrected chi connectivity index (χ1v) is 10.8. The van der Waals surface area contributed by atoms with Gasteiger partial charge in [0.2, 0.25) is 5.95 Å². The van der Waals surface area contributed by atoms with Crippen molar-refractivity contribution in [3.63, 3.8) is 0 Å². The Balaban J connectivity index is 1.76. The third-order valence-electron chi connectivity index (χ3n) is 5.52. The minimum Gasteiger partial charge on any atom is -0.481 e. The predicted octanol–water partition coefficient (Wildman–Crippen LogP) is 2.64. The normalized spacial score (nSPS) is 13.9. The van der Waals surface area contributed by atoms with Gasteiger partial charge in [-0.05, 0) is 47.4 Å². The van der Waals surface area contributed by atoms with Gasteiger partial charge in [0, 0.05) is 17.3 Å². The summed E-state index contributed by atoms with van der Waals surface area (Å²) in [6, 6.07) is 12.7. The van der Waals surface area contributed by atoms with Crippen LogP contribution in [0.15, 0.2) is 52.1 Å². The first-order valence-electron chi connectivity index (χ1n) is 10.5. The van der Waals surface area contributed by atoms with Crippen LogP contribution in [0.2, 0.25) is 5.02 Å². The molecule has 0 unspecified atom stereocenters. The molecule has 10 heteroatoms. The fraction of sp³-hybridized carbons (Fsp3) is 0.304. The first kappa shape index (κ1) is 22.8. The van der Waals surface area contributed by atoms with Gasteiger partial charge in [0.1, 0.15) is 0 Å². The van der Waals surface area contributed by atoms with Gasteiger partial charge in [0.15, 0.2) is 0 Å². The number of aliphatic carboxylic acids is 1. The molecule has 2 aromatic carbocycles. The topological polar surface area (TPSA) is 115 Å². The highest BCUT2D eigenvalue weighted by Crippen LogP contribution is 2.23. The van der Waals surface area contributed by atoms with E-state index in [-0.39, 0.29) is 19.0 Å². The number of hydrogen-bond acceptors (Lipinski definition) is 6. The number of nitrogens with one attached hydrogen (secondary N) is 1. The molecule has 0 saturated heterocycles. The van der Waals surface area contributed by atoms with Crippen LogP contribution in [0.5, 0.6) is 0 Å². The van der Waals surface area contributed by atoms with Gasteiger partial charge in [-0.1, -0.05) is 36.7 Å². The van der Waals surface area contributed by atoms with Gasteiger partial charge < -0.3 is 15.2 Å². The summed E-state index contributed by atoms with van der Waals surface area (Å²) in [5.74, 6) is -1.96. The second-order valence-electron chi connectivity index (χ2n) is 7.97. The van der Waals surface area contributed by atoms with Crippen LogP contribution in [0.25, 0.3) is 0 Å². The van der Waals surface area contributed by atoms with Gasteiger partial charge in [-0.2, -0.15) is 4.98 Å². The van der Waals surface area contributed by atoms with Gasteiger partial charge in [-0.15, -0.1) is 0 Å². The van der Waals surface area contributed by atoms with Crippen molar-refractivity contribution in [1.82, 2.24) is 14.1 Å². The maximum atomic E-state index is 13.3. The monoisotopic (exact) mass is 470 g/mol. The zero-order valence-electron chi connectivity index (χ0n) is 18.0. The molecule has 33 heavy (non-hydrogen) atoms. The van der Waals surface area contributed by atoms with E-state index in [9.17, 15) is 19.5 Å². The molecule has 1 aliphatic rings. The lowest BCUT2D eigenvalue weighted by atomic mass is 10.0. The van der Waals surface area contributed by atoms with Crippen LogP contribution in [0.4, 0.5) is 11.6 Å². The summed E-state index contributed by atoms with van der Waals surface area (Å²) >= 11 is 5.97. The Morgan fingerprint density at radius 1 is 1.18 bits per heavy atom. The largest absolute Gasteiger partial charge is 0.481 e. The molecule has 1 atom stereocenters. The standard InChI is InChI=1S/C23H23ClN4O5/c1-14(20(29)30)11-28-22(31)26-21(25-19-7-4-17-13-33-9-8-16(17)10-19)27(23(28)32)12-15-2-5-18(24)6-3-15/h2-7,10,14H,8-9,11-13H2,1H3,(H,29,30)(H,25,26,31)/t14-/m0/s1. The van der Waals surface area contributed by atoms with Crippen molar-refractivity contribution in [3.8, 4) is 0 Å². The molecule has 1 aromatic heterocycles. The molecule has 0 amide bonds. The molecule has 4 rings (SSSR count). The number of anilines is 2. The van der Waals surface area contributed by atoms with Gasteiger partial charge in [-0.25, -0.2) is 14.2 Å². The Kier molecular flexibility index (Phi) is 6.62. The lowest BCUT2D eigenvalue weighted by Crippen LogP contribution is -2.44. The zero-order chi connectivity index (χ0) is 23.5. The van der Waals surface area contributed by atoms with Crippen molar-refractivity contribution in [1.29, 1.82) is 0 Å². The van der Waals surface area contributed by atoms with E-state index in [0.717, 1.165) is 27.7 Å². The van der Waals surface area contributed by atoms with Gasteiger partial charge >= 0.3 is 17.3 Å². The number of benzene rings is 2.